The average Bonchev–Trinajstić information content (AvgIpc) is 3.24. The molecule has 176 valence electrons. The molecule has 1 N–H and O–H groups in total. The number of benzene rings is 3. The number of methoxy groups -OCH3 is 1. The Morgan fingerprint density at radius 2 is 1.65 bits per heavy atom. The molecule has 4 aromatic rings. The van der Waals surface area contributed by atoms with Crippen LogP contribution < -0.4 is 14.4 Å². The summed E-state index contributed by atoms with van der Waals surface area (Å²) < 4.78 is 34.1. The number of sulfonamides is 1. The van der Waals surface area contributed by atoms with E-state index in [-0.39, 0.29) is 10.8 Å². The Hall–Kier alpha value is -3.36. The van der Waals surface area contributed by atoms with E-state index in [1.807, 2.05) is 45.0 Å². The van der Waals surface area contributed by atoms with E-state index in [4.69, 9.17) is 4.74 Å². The molecule has 0 bridgehead atoms. The molecule has 4 rings (SSSR count). The number of anilines is 2. The molecule has 6 nitrogen and oxygen atoms in total. The lowest BCUT2D eigenvalue weighted by Gasteiger charge is -2.21. The number of ether oxygens (including phenoxy) is 1. The predicted octanol–water partition coefficient (Wildman–Crippen LogP) is 5.91. The van der Waals surface area contributed by atoms with Gasteiger partial charge in [-0.25, -0.2) is 8.42 Å². The van der Waals surface area contributed by atoms with Crippen LogP contribution in [0.1, 0.15) is 26.4 Å². The van der Waals surface area contributed by atoms with Crippen LogP contribution >= 0.6 is 11.3 Å². The van der Waals surface area contributed by atoms with E-state index in [1.165, 1.54) is 29.8 Å². The second-order valence-electron chi connectivity index (χ2n) is 8.23. The van der Waals surface area contributed by atoms with Crippen LogP contribution in [0.15, 0.2) is 65.6 Å². The van der Waals surface area contributed by atoms with Crippen molar-refractivity contribution in [2.24, 2.45) is 0 Å². The van der Waals surface area contributed by atoms with E-state index in [0.29, 0.717) is 16.3 Å². The van der Waals surface area contributed by atoms with Gasteiger partial charge in [0.25, 0.3) is 15.9 Å². The van der Waals surface area contributed by atoms with Crippen LogP contribution in [0.25, 0.3) is 10.1 Å². The van der Waals surface area contributed by atoms with Crippen molar-refractivity contribution >= 4 is 48.7 Å². The minimum absolute atomic E-state index is 0.108. The fourth-order valence-corrected chi connectivity index (χ4v) is 6.11. The van der Waals surface area contributed by atoms with Gasteiger partial charge in [0.05, 0.1) is 17.7 Å². The second-order valence-corrected chi connectivity index (χ2v) is 11.3. The number of hydrogen-bond donors (Lipinski definition) is 1. The molecule has 0 atom stereocenters. The Kier molecular flexibility index (Phi) is 6.38. The standard InChI is InChI=1S/C26H26N2O4S2/c1-16-6-9-21(18(3)12-16)27-26(29)24-15-19-14-20(8-11-23(19)33-24)28(4)34(30,31)25-13-17(2)7-10-22(25)32-5/h6-15H,1-5H3,(H,27,29). The van der Waals surface area contributed by atoms with Gasteiger partial charge in [0.15, 0.2) is 0 Å². The summed E-state index contributed by atoms with van der Waals surface area (Å²) in [7, 11) is -0.890. The third kappa shape index (κ3) is 4.51. The van der Waals surface area contributed by atoms with Crippen LogP contribution in [0.3, 0.4) is 0 Å². The minimum Gasteiger partial charge on any atom is -0.495 e. The van der Waals surface area contributed by atoms with Crippen molar-refractivity contribution in [3.05, 3.63) is 82.2 Å². The van der Waals surface area contributed by atoms with Gasteiger partial charge in [-0.15, -0.1) is 11.3 Å². The number of carbonyl (C=O) groups is 1. The fraction of sp³-hybridized carbons (Fsp3) is 0.192. The maximum absolute atomic E-state index is 13.4. The van der Waals surface area contributed by atoms with Gasteiger partial charge in [-0.05, 0) is 79.7 Å². The van der Waals surface area contributed by atoms with Crippen molar-refractivity contribution in [2.75, 3.05) is 23.8 Å². The molecule has 0 spiro atoms. The fourth-order valence-electron chi connectivity index (χ4n) is 3.75. The first-order valence-electron chi connectivity index (χ1n) is 10.7. The highest BCUT2D eigenvalue weighted by atomic mass is 32.2. The van der Waals surface area contributed by atoms with Crippen molar-refractivity contribution in [1.82, 2.24) is 0 Å². The lowest BCUT2D eigenvalue weighted by Crippen LogP contribution is -2.27. The molecule has 0 aliphatic heterocycles. The summed E-state index contributed by atoms with van der Waals surface area (Å²) in [6, 6.07) is 18.1. The highest BCUT2D eigenvalue weighted by molar-refractivity contribution is 7.93. The number of carbonyl (C=O) groups excluding carboxylic acids is 1. The van der Waals surface area contributed by atoms with Crippen LogP contribution in [-0.4, -0.2) is 28.5 Å². The third-order valence-electron chi connectivity index (χ3n) is 5.67. The molecule has 0 aliphatic carbocycles. The van der Waals surface area contributed by atoms with Crippen LogP contribution in [0, 0.1) is 20.8 Å². The van der Waals surface area contributed by atoms with Gasteiger partial charge in [-0.1, -0.05) is 23.8 Å². The number of rotatable bonds is 6. The molecule has 3 aromatic carbocycles. The Morgan fingerprint density at radius 3 is 2.35 bits per heavy atom. The maximum atomic E-state index is 13.4. The van der Waals surface area contributed by atoms with Crippen LogP contribution in [0.5, 0.6) is 5.75 Å². The average molecular weight is 495 g/mol. The van der Waals surface area contributed by atoms with Gasteiger partial charge in [0.1, 0.15) is 10.6 Å². The molecule has 0 unspecified atom stereocenters. The lowest BCUT2D eigenvalue weighted by atomic mass is 10.1. The zero-order valence-corrected chi connectivity index (χ0v) is 21.3. The number of hydrogen-bond acceptors (Lipinski definition) is 5. The molecule has 0 saturated carbocycles. The summed E-state index contributed by atoms with van der Waals surface area (Å²) in [6.07, 6.45) is 0. The SMILES string of the molecule is COc1ccc(C)cc1S(=O)(=O)N(C)c1ccc2sc(C(=O)Nc3ccc(C)cc3C)cc2c1. The highest BCUT2D eigenvalue weighted by Crippen LogP contribution is 2.34. The number of thiophene rings is 1. The van der Waals surface area contributed by atoms with Gasteiger partial charge in [-0.2, -0.15) is 0 Å². The van der Waals surface area contributed by atoms with Crippen molar-refractivity contribution in [1.29, 1.82) is 0 Å². The number of nitrogens with one attached hydrogen (secondary N) is 1. The Morgan fingerprint density at radius 1 is 0.941 bits per heavy atom. The molecule has 1 aromatic heterocycles. The van der Waals surface area contributed by atoms with E-state index in [1.54, 1.807) is 36.4 Å². The van der Waals surface area contributed by atoms with Gasteiger partial charge >= 0.3 is 0 Å². The molecule has 0 radical (unpaired) electrons. The second kappa shape index (κ2) is 9.12. The zero-order chi connectivity index (χ0) is 24.6. The predicted molar refractivity (Wildman–Crippen MR) is 139 cm³/mol. The van der Waals surface area contributed by atoms with Crippen molar-refractivity contribution in [3.63, 3.8) is 0 Å². The first kappa shape index (κ1) is 23.8. The smallest absolute Gasteiger partial charge is 0.267 e. The first-order chi connectivity index (χ1) is 16.1. The molecule has 0 fully saturated rings. The molecule has 1 heterocycles. The van der Waals surface area contributed by atoms with Crippen molar-refractivity contribution < 1.29 is 17.9 Å². The van der Waals surface area contributed by atoms with E-state index in [9.17, 15) is 13.2 Å². The quantitative estimate of drug-likeness (QED) is 0.361. The first-order valence-corrected chi connectivity index (χ1v) is 12.9. The lowest BCUT2D eigenvalue weighted by molar-refractivity contribution is 0.103. The topological polar surface area (TPSA) is 75.7 Å². The Balaban J connectivity index is 1.64. The Labute approximate surface area is 203 Å². The molecule has 34 heavy (non-hydrogen) atoms. The van der Waals surface area contributed by atoms with Crippen LogP contribution in [0.2, 0.25) is 0 Å². The minimum atomic E-state index is -3.85. The number of aryl methyl sites for hydroxylation is 3. The van der Waals surface area contributed by atoms with E-state index in [2.05, 4.69) is 5.32 Å². The summed E-state index contributed by atoms with van der Waals surface area (Å²) >= 11 is 1.37. The van der Waals surface area contributed by atoms with Crippen molar-refractivity contribution in [2.45, 2.75) is 25.7 Å². The van der Waals surface area contributed by atoms with Gasteiger partial charge in [-0.3, -0.25) is 9.10 Å². The van der Waals surface area contributed by atoms with E-state index >= 15 is 0 Å². The van der Waals surface area contributed by atoms with Crippen molar-refractivity contribution in [3.8, 4) is 5.75 Å². The summed E-state index contributed by atoms with van der Waals surface area (Å²) in [6.45, 7) is 5.80. The molecular formula is C26H26N2O4S2. The van der Waals surface area contributed by atoms with E-state index < -0.39 is 10.0 Å². The monoisotopic (exact) mass is 494 g/mol. The molecule has 1 amide bonds. The zero-order valence-electron chi connectivity index (χ0n) is 19.7. The van der Waals surface area contributed by atoms with Crippen LogP contribution in [-0.2, 0) is 10.0 Å². The largest absolute Gasteiger partial charge is 0.495 e. The number of fused-ring (bicyclic) bond motifs is 1. The van der Waals surface area contributed by atoms with E-state index in [0.717, 1.165) is 32.5 Å². The van der Waals surface area contributed by atoms with Gasteiger partial charge in [0, 0.05) is 17.4 Å². The van der Waals surface area contributed by atoms with Gasteiger partial charge in [0.2, 0.25) is 0 Å². The molecule has 0 saturated heterocycles. The van der Waals surface area contributed by atoms with Crippen LogP contribution in [0.4, 0.5) is 11.4 Å². The highest BCUT2D eigenvalue weighted by Gasteiger charge is 2.26. The third-order valence-corrected chi connectivity index (χ3v) is 8.60. The maximum Gasteiger partial charge on any atom is 0.267 e. The molecular weight excluding hydrogens is 468 g/mol. The Bertz CT molecular complexity index is 1510. The summed E-state index contributed by atoms with van der Waals surface area (Å²) in [5, 5.41) is 3.76. The molecule has 0 aliphatic rings. The summed E-state index contributed by atoms with van der Waals surface area (Å²) in [5.41, 5.74) is 4.21. The summed E-state index contributed by atoms with van der Waals surface area (Å²) in [5.74, 6) is 0.0968. The summed E-state index contributed by atoms with van der Waals surface area (Å²) in [4.78, 5) is 13.5. The molecule has 8 heteroatoms. The number of nitrogens with zero attached hydrogens (tertiary/aromatic N) is 1. The number of amides is 1. The normalized spacial score (nSPS) is 11.4. The van der Waals surface area contributed by atoms with Gasteiger partial charge < -0.3 is 10.1 Å².